The Balaban J connectivity index is 2.38. The molecule has 1 rings (SSSR count). The van der Waals surface area contributed by atoms with Crippen LogP contribution in [0.3, 0.4) is 0 Å². The fraction of sp³-hybridized carbons (Fsp3) is 0.786. The fourth-order valence-corrected chi connectivity index (χ4v) is 2.38. The maximum atomic E-state index is 12.0. The van der Waals surface area contributed by atoms with Crippen molar-refractivity contribution in [3.63, 3.8) is 0 Å². The number of amides is 1. The first-order chi connectivity index (χ1) is 8.13. The first kappa shape index (κ1) is 14.2. The Bertz CT molecular complexity index is 259. The van der Waals surface area contributed by atoms with Gasteiger partial charge in [-0.2, -0.15) is 0 Å². The molecule has 3 heteroatoms. The van der Waals surface area contributed by atoms with Crippen LogP contribution in [0.25, 0.3) is 0 Å². The molecule has 1 saturated heterocycles. The third-order valence-electron chi connectivity index (χ3n) is 3.26. The fourth-order valence-electron chi connectivity index (χ4n) is 2.38. The molecule has 0 aromatic heterocycles. The van der Waals surface area contributed by atoms with Crippen LogP contribution < -0.4 is 0 Å². The SMILES string of the molecule is CCCC1CCCN(C(=O)/C=C/CN(C)C)C1. The van der Waals surface area contributed by atoms with Crippen LogP contribution in [0.1, 0.15) is 32.6 Å². The van der Waals surface area contributed by atoms with E-state index in [-0.39, 0.29) is 5.91 Å². The van der Waals surface area contributed by atoms with Gasteiger partial charge < -0.3 is 9.80 Å². The van der Waals surface area contributed by atoms with Crippen LogP contribution in [0.2, 0.25) is 0 Å². The van der Waals surface area contributed by atoms with Crippen LogP contribution in [-0.2, 0) is 4.79 Å². The number of rotatable bonds is 5. The molecular formula is C14H26N2O. The molecule has 0 N–H and O–H groups in total. The minimum absolute atomic E-state index is 0.188. The zero-order valence-electron chi connectivity index (χ0n) is 11.5. The van der Waals surface area contributed by atoms with Gasteiger partial charge in [-0.3, -0.25) is 4.79 Å². The molecule has 3 nitrogen and oxygen atoms in total. The predicted octanol–water partition coefficient (Wildman–Crippen LogP) is 2.14. The summed E-state index contributed by atoms with van der Waals surface area (Å²) in [4.78, 5) is 16.0. The molecule has 1 heterocycles. The molecule has 0 aromatic rings. The van der Waals surface area contributed by atoms with E-state index in [0.29, 0.717) is 0 Å². The van der Waals surface area contributed by atoms with Gasteiger partial charge in [0, 0.05) is 25.7 Å². The monoisotopic (exact) mass is 238 g/mol. The van der Waals surface area contributed by atoms with Crippen LogP contribution in [0, 0.1) is 5.92 Å². The highest BCUT2D eigenvalue weighted by atomic mass is 16.2. The maximum Gasteiger partial charge on any atom is 0.246 e. The molecular weight excluding hydrogens is 212 g/mol. The molecule has 98 valence electrons. The quantitative estimate of drug-likeness (QED) is 0.685. The van der Waals surface area contributed by atoms with E-state index in [0.717, 1.165) is 32.0 Å². The number of likely N-dealkylation sites (N-methyl/N-ethyl adjacent to an activating group) is 1. The lowest BCUT2D eigenvalue weighted by Gasteiger charge is -2.32. The van der Waals surface area contributed by atoms with Crippen molar-refractivity contribution in [2.45, 2.75) is 32.6 Å². The second-order valence-electron chi connectivity index (χ2n) is 5.25. The highest BCUT2D eigenvalue weighted by molar-refractivity contribution is 5.87. The summed E-state index contributed by atoms with van der Waals surface area (Å²) in [6.07, 6.45) is 8.62. The molecule has 1 fully saturated rings. The second kappa shape index (κ2) is 7.49. The molecule has 0 aliphatic carbocycles. The normalized spacial score (nSPS) is 21.4. The number of carbonyl (C=O) groups excluding carboxylic acids is 1. The Labute approximate surface area is 105 Å². The summed E-state index contributed by atoms with van der Waals surface area (Å²) in [7, 11) is 4.01. The number of hydrogen-bond acceptors (Lipinski definition) is 2. The van der Waals surface area contributed by atoms with Crippen LogP contribution in [-0.4, -0.2) is 49.4 Å². The number of carbonyl (C=O) groups is 1. The van der Waals surface area contributed by atoms with E-state index in [1.54, 1.807) is 6.08 Å². The Morgan fingerprint density at radius 1 is 1.47 bits per heavy atom. The lowest BCUT2D eigenvalue weighted by atomic mass is 9.94. The van der Waals surface area contributed by atoms with Crippen LogP contribution in [0.15, 0.2) is 12.2 Å². The molecule has 1 aliphatic heterocycles. The van der Waals surface area contributed by atoms with Gasteiger partial charge in [0.2, 0.25) is 5.91 Å². The molecule has 1 unspecified atom stereocenters. The van der Waals surface area contributed by atoms with Crippen LogP contribution in [0.5, 0.6) is 0 Å². The lowest BCUT2D eigenvalue weighted by molar-refractivity contribution is -0.127. The van der Waals surface area contributed by atoms with Crippen molar-refractivity contribution in [2.75, 3.05) is 33.7 Å². The van der Waals surface area contributed by atoms with Gasteiger partial charge in [0.05, 0.1) is 0 Å². The highest BCUT2D eigenvalue weighted by Gasteiger charge is 2.21. The zero-order valence-corrected chi connectivity index (χ0v) is 11.5. The van der Waals surface area contributed by atoms with E-state index in [9.17, 15) is 4.79 Å². The van der Waals surface area contributed by atoms with E-state index < -0.39 is 0 Å². The molecule has 0 saturated carbocycles. The first-order valence-corrected chi connectivity index (χ1v) is 6.73. The average molecular weight is 238 g/mol. The number of nitrogens with zero attached hydrogens (tertiary/aromatic N) is 2. The molecule has 0 aromatic carbocycles. The van der Waals surface area contributed by atoms with Crippen molar-refractivity contribution in [3.8, 4) is 0 Å². The first-order valence-electron chi connectivity index (χ1n) is 6.73. The van der Waals surface area contributed by atoms with E-state index in [2.05, 4.69) is 11.8 Å². The summed E-state index contributed by atoms with van der Waals surface area (Å²) >= 11 is 0. The van der Waals surface area contributed by atoms with Gasteiger partial charge in [0.25, 0.3) is 0 Å². The Hall–Kier alpha value is -0.830. The molecule has 1 atom stereocenters. The van der Waals surface area contributed by atoms with Gasteiger partial charge in [0.1, 0.15) is 0 Å². The van der Waals surface area contributed by atoms with E-state index in [1.165, 1.54) is 19.3 Å². The van der Waals surface area contributed by atoms with Gasteiger partial charge in [-0.15, -0.1) is 0 Å². The van der Waals surface area contributed by atoms with E-state index in [1.807, 2.05) is 25.1 Å². The molecule has 0 spiro atoms. The van der Waals surface area contributed by atoms with Crippen molar-refractivity contribution in [3.05, 3.63) is 12.2 Å². The molecule has 0 radical (unpaired) electrons. The number of piperidine rings is 1. The summed E-state index contributed by atoms with van der Waals surface area (Å²) in [5, 5.41) is 0. The van der Waals surface area contributed by atoms with Crippen molar-refractivity contribution < 1.29 is 4.79 Å². The predicted molar refractivity (Wildman–Crippen MR) is 71.9 cm³/mol. The standard InChI is InChI=1S/C14H26N2O/c1-4-7-13-8-5-11-16(12-13)14(17)9-6-10-15(2)3/h6,9,13H,4-5,7-8,10-12H2,1-3H3/b9-6+. The Morgan fingerprint density at radius 3 is 2.88 bits per heavy atom. The van der Waals surface area contributed by atoms with Crippen molar-refractivity contribution in [1.29, 1.82) is 0 Å². The summed E-state index contributed by atoms with van der Waals surface area (Å²) < 4.78 is 0. The molecule has 1 amide bonds. The van der Waals surface area contributed by atoms with Crippen molar-refractivity contribution >= 4 is 5.91 Å². The van der Waals surface area contributed by atoms with Crippen molar-refractivity contribution in [2.24, 2.45) is 5.92 Å². The van der Waals surface area contributed by atoms with Gasteiger partial charge in [-0.1, -0.05) is 19.4 Å². The number of hydrogen-bond donors (Lipinski definition) is 0. The third kappa shape index (κ3) is 5.35. The highest BCUT2D eigenvalue weighted by Crippen LogP contribution is 2.20. The van der Waals surface area contributed by atoms with Gasteiger partial charge in [0.15, 0.2) is 0 Å². The maximum absolute atomic E-state index is 12.0. The molecule has 0 bridgehead atoms. The topological polar surface area (TPSA) is 23.6 Å². The van der Waals surface area contributed by atoms with E-state index in [4.69, 9.17) is 0 Å². The van der Waals surface area contributed by atoms with Crippen LogP contribution in [0.4, 0.5) is 0 Å². The molecule has 1 aliphatic rings. The minimum atomic E-state index is 0.188. The Kier molecular flexibility index (Phi) is 6.27. The molecule has 17 heavy (non-hydrogen) atoms. The van der Waals surface area contributed by atoms with Gasteiger partial charge in [-0.25, -0.2) is 0 Å². The average Bonchev–Trinajstić information content (AvgIpc) is 2.29. The second-order valence-corrected chi connectivity index (χ2v) is 5.25. The van der Waals surface area contributed by atoms with Crippen LogP contribution >= 0.6 is 0 Å². The lowest BCUT2D eigenvalue weighted by Crippen LogP contribution is -2.39. The summed E-state index contributed by atoms with van der Waals surface area (Å²) in [6, 6.07) is 0. The number of likely N-dealkylation sites (tertiary alicyclic amines) is 1. The minimum Gasteiger partial charge on any atom is -0.339 e. The largest absolute Gasteiger partial charge is 0.339 e. The summed E-state index contributed by atoms with van der Waals surface area (Å²) in [5.41, 5.74) is 0. The summed E-state index contributed by atoms with van der Waals surface area (Å²) in [6.45, 7) is 4.94. The van der Waals surface area contributed by atoms with E-state index >= 15 is 0 Å². The van der Waals surface area contributed by atoms with Gasteiger partial charge in [-0.05, 0) is 39.3 Å². The smallest absolute Gasteiger partial charge is 0.246 e. The zero-order chi connectivity index (χ0) is 12.7. The summed E-state index contributed by atoms with van der Waals surface area (Å²) in [5.74, 6) is 0.910. The Morgan fingerprint density at radius 2 is 2.24 bits per heavy atom. The van der Waals surface area contributed by atoms with Gasteiger partial charge >= 0.3 is 0 Å². The van der Waals surface area contributed by atoms with Crippen molar-refractivity contribution in [1.82, 2.24) is 9.80 Å². The third-order valence-corrected chi connectivity index (χ3v) is 3.26.